The van der Waals surface area contributed by atoms with E-state index in [9.17, 15) is 9.59 Å². The maximum absolute atomic E-state index is 12.5. The maximum atomic E-state index is 12.5. The zero-order valence-electron chi connectivity index (χ0n) is 14.3. The minimum Gasteiger partial charge on any atom is -0.459 e. The summed E-state index contributed by atoms with van der Waals surface area (Å²) in [6.45, 7) is 2.14. The molecule has 0 atom stereocenters. The zero-order valence-corrected chi connectivity index (χ0v) is 18.3. The summed E-state index contributed by atoms with van der Waals surface area (Å²) in [5.74, 6) is -0.252. The van der Waals surface area contributed by atoms with E-state index >= 15 is 0 Å². The molecule has 0 saturated carbocycles. The number of H-pyrrole nitrogens is 1. The fourth-order valence-electron chi connectivity index (χ4n) is 2.33. The van der Waals surface area contributed by atoms with Crippen LogP contribution in [0.1, 0.15) is 25.9 Å². The van der Waals surface area contributed by atoms with Crippen molar-refractivity contribution in [2.75, 3.05) is 20.3 Å². The van der Waals surface area contributed by atoms with Crippen molar-refractivity contribution in [1.82, 2.24) is 9.97 Å². The highest BCUT2D eigenvalue weighted by atomic mass is 79.9. The average molecular weight is 490 g/mol. The van der Waals surface area contributed by atoms with Crippen LogP contribution in [0.4, 0.5) is 0 Å². The average Bonchev–Trinajstić information content (AvgIpc) is 3.18. The lowest BCUT2D eigenvalue weighted by atomic mass is 10.2. The first-order valence-electron chi connectivity index (χ1n) is 7.71. The monoisotopic (exact) mass is 488 g/mol. The van der Waals surface area contributed by atoms with Gasteiger partial charge in [-0.05, 0) is 40.6 Å². The Morgan fingerprint density at radius 2 is 2.22 bits per heavy atom. The van der Waals surface area contributed by atoms with Crippen LogP contribution < -0.4 is 5.56 Å². The van der Waals surface area contributed by atoms with Crippen LogP contribution in [0.3, 0.4) is 0 Å². The third-order valence-electron chi connectivity index (χ3n) is 3.59. The molecule has 0 radical (unpaired) electrons. The SMILES string of the molecule is COCCOC(=O)c1sc2nc(/C(Cl)=C/c3cc(Br)cs3)[nH]c(=O)c2c1C. The van der Waals surface area contributed by atoms with Gasteiger partial charge >= 0.3 is 5.97 Å². The third kappa shape index (κ3) is 4.49. The molecule has 0 unspecified atom stereocenters. The van der Waals surface area contributed by atoms with Crippen LogP contribution in [-0.4, -0.2) is 36.3 Å². The van der Waals surface area contributed by atoms with Crippen molar-refractivity contribution in [3.8, 4) is 0 Å². The molecule has 0 aliphatic heterocycles. The number of ether oxygens (including phenoxy) is 2. The Kier molecular flexibility index (Phi) is 6.48. The Morgan fingerprint density at radius 1 is 1.44 bits per heavy atom. The Hall–Kier alpha value is -1.52. The minimum atomic E-state index is -0.501. The van der Waals surface area contributed by atoms with E-state index in [4.69, 9.17) is 21.1 Å². The number of hydrogen-bond acceptors (Lipinski definition) is 7. The van der Waals surface area contributed by atoms with Crippen LogP contribution in [0.15, 0.2) is 20.7 Å². The fourth-order valence-corrected chi connectivity index (χ4v) is 5.06. The number of methoxy groups -OCH3 is 1. The topological polar surface area (TPSA) is 81.3 Å². The highest BCUT2D eigenvalue weighted by Crippen LogP contribution is 2.30. The van der Waals surface area contributed by atoms with Gasteiger partial charge in [0.1, 0.15) is 16.3 Å². The van der Waals surface area contributed by atoms with Crippen molar-refractivity contribution in [3.05, 3.63) is 47.4 Å². The number of rotatable bonds is 6. The quantitative estimate of drug-likeness (QED) is 0.402. The molecule has 3 aromatic heterocycles. The molecule has 3 aromatic rings. The van der Waals surface area contributed by atoms with Gasteiger partial charge in [0.25, 0.3) is 5.56 Å². The highest BCUT2D eigenvalue weighted by molar-refractivity contribution is 9.10. The van der Waals surface area contributed by atoms with E-state index in [1.165, 1.54) is 18.4 Å². The van der Waals surface area contributed by atoms with Gasteiger partial charge in [0.05, 0.1) is 17.0 Å². The van der Waals surface area contributed by atoms with E-state index in [1.54, 1.807) is 13.0 Å². The molecule has 142 valence electrons. The van der Waals surface area contributed by atoms with Gasteiger partial charge in [-0.3, -0.25) is 4.79 Å². The van der Waals surface area contributed by atoms with E-state index in [-0.39, 0.29) is 18.0 Å². The van der Waals surface area contributed by atoms with E-state index in [1.807, 2.05) is 11.4 Å². The standard InChI is InChI=1S/C17H14BrClN2O4S2/c1-8-12-15(22)20-14(11(19)6-10-5-9(18)7-26-10)21-16(12)27-13(8)17(23)25-4-3-24-2/h5-7H,3-4H2,1-2H3,(H,20,21,22)/b11-6-. The fraction of sp³-hybridized carbons (Fsp3) is 0.235. The Morgan fingerprint density at radius 3 is 2.89 bits per heavy atom. The molecule has 0 spiro atoms. The van der Waals surface area contributed by atoms with E-state index in [2.05, 4.69) is 25.9 Å². The number of nitrogens with zero attached hydrogens (tertiary/aromatic N) is 1. The summed E-state index contributed by atoms with van der Waals surface area (Å²) in [5.41, 5.74) is 0.193. The number of hydrogen-bond donors (Lipinski definition) is 1. The summed E-state index contributed by atoms with van der Waals surface area (Å²) >= 11 is 12.3. The van der Waals surface area contributed by atoms with Gasteiger partial charge in [-0.2, -0.15) is 0 Å². The van der Waals surface area contributed by atoms with Gasteiger partial charge in [0, 0.05) is 21.8 Å². The maximum Gasteiger partial charge on any atom is 0.348 e. The molecule has 1 N–H and O–H groups in total. The van der Waals surface area contributed by atoms with Crippen LogP contribution >= 0.6 is 50.2 Å². The molecule has 0 aliphatic rings. The molecule has 0 bridgehead atoms. The first-order chi connectivity index (χ1) is 12.9. The van der Waals surface area contributed by atoms with Crippen LogP contribution in [-0.2, 0) is 9.47 Å². The molecule has 0 aromatic carbocycles. The minimum absolute atomic E-state index is 0.142. The van der Waals surface area contributed by atoms with Crippen LogP contribution in [0.2, 0.25) is 0 Å². The smallest absolute Gasteiger partial charge is 0.348 e. The van der Waals surface area contributed by atoms with Gasteiger partial charge in [0.2, 0.25) is 0 Å². The van der Waals surface area contributed by atoms with Crippen molar-refractivity contribution < 1.29 is 14.3 Å². The third-order valence-corrected chi connectivity index (χ3v) is 6.68. The number of aromatic nitrogens is 2. The number of carbonyl (C=O) groups is 1. The van der Waals surface area contributed by atoms with Crippen molar-refractivity contribution in [1.29, 1.82) is 0 Å². The molecule has 6 nitrogen and oxygen atoms in total. The van der Waals surface area contributed by atoms with Gasteiger partial charge in [-0.15, -0.1) is 22.7 Å². The lowest BCUT2D eigenvalue weighted by molar-refractivity contribution is 0.0393. The second-order valence-electron chi connectivity index (χ2n) is 5.44. The number of thiophene rings is 2. The number of aromatic amines is 1. The van der Waals surface area contributed by atoms with Crippen molar-refractivity contribution in [3.63, 3.8) is 0 Å². The number of esters is 1. The lowest BCUT2D eigenvalue weighted by Gasteiger charge is -2.02. The second kappa shape index (κ2) is 8.66. The number of aryl methyl sites for hydroxylation is 1. The van der Waals surface area contributed by atoms with Crippen molar-refractivity contribution in [2.24, 2.45) is 0 Å². The van der Waals surface area contributed by atoms with Crippen LogP contribution in [0, 0.1) is 6.92 Å². The first kappa shape index (κ1) is 20.2. The molecule has 10 heteroatoms. The molecule has 0 amide bonds. The Bertz CT molecular complexity index is 1090. The van der Waals surface area contributed by atoms with E-state index in [0.717, 1.165) is 20.7 Å². The second-order valence-corrected chi connectivity index (χ2v) is 8.70. The number of fused-ring (bicyclic) bond motifs is 1. The molecular weight excluding hydrogens is 476 g/mol. The normalized spacial score (nSPS) is 11.9. The highest BCUT2D eigenvalue weighted by Gasteiger charge is 2.21. The van der Waals surface area contributed by atoms with Gasteiger partial charge in [-0.25, -0.2) is 9.78 Å². The van der Waals surface area contributed by atoms with Gasteiger partial charge < -0.3 is 14.5 Å². The number of halogens is 2. The van der Waals surface area contributed by atoms with E-state index < -0.39 is 5.97 Å². The Labute approximate surface area is 175 Å². The largest absolute Gasteiger partial charge is 0.459 e. The summed E-state index contributed by atoms with van der Waals surface area (Å²) in [7, 11) is 1.52. The molecule has 3 heterocycles. The molecule has 0 saturated heterocycles. The summed E-state index contributed by atoms with van der Waals surface area (Å²) < 4.78 is 11.0. The van der Waals surface area contributed by atoms with Gasteiger partial charge in [-0.1, -0.05) is 11.6 Å². The summed E-state index contributed by atoms with van der Waals surface area (Å²) in [5, 5.41) is 2.60. The molecule has 0 fully saturated rings. The number of nitrogens with one attached hydrogen (secondary N) is 1. The molecule has 0 aliphatic carbocycles. The summed E-state index contributed by atoms with van der Waals surface area (Å²) in [4.78, 5) is 33.6. The van der Waals surface area contributed by atoms with Gasteiger partial charge in [0.15, 0.2) is 5.82 Å². The molecule has 3 rings (SSSR count). The van der Waals surface area contributed by atoms with Crippen molar-refractivity contribution >= 4 is 77.5 Å². The predicted molar refractivity (Wildman–Crippen MR) is 113 cm³/mol. The van der Waals surface area contributed by atoms with E-state index in [0.29, 0.717) is 32.3 Å². The first-order valence-corrected chi connectivity index (χ1v) is 10.6. The summed E-state index contributed by atoms with van der Waals surface area (Å²) in [6.07, 6.45) is 1.72. The molecule has 27 heavy (non-hydrogen) atoms. The Balaban J connectivity index is 1.98. The lowest BCUT2D eigenvalue weighted by Crippen LogP contribution is -2.11. The number of carbonyl (C=O) groups excluding carboxylic acids is 1. The predicted octanol–water partition coefficient (Wildman–Crippen LogP) is 4.66. The molecular formula is C17H14BrClN2O4S2. The van der Waals surface area contributed by atoms with Crippen LogP contribution in [0.25, 0.3) is 21.3 Å². The van der Waals surface area contributed by atoms with Crippen molar-refractivity contribution in [2.45, 2.75) is 6.92 Å². The summed E-state index contributed by atoms with van der Waals surface area (Å²) in [6, 6.07) is 1.91. The van der Waals surface area contributed by atoms with Crippen LogP contribution in [0.5, 0.6) is 0 Å². The zero-order chi connectivity index (χ0) is 19.6.